The van der Waals surface area contributed by atoms with Gasteiger partial charge in [0.05, 0.1) is 11.7 Å². The summed E-state index contributed by atoms with van der Waals surface area (Å²) in [6.45, 7) is 2.11. The number of rotatable bonds is 6. The molecule has 0 fully saturated rings. The predicted octanol–water partition coefficient (Wildman–Crippen LogP) is 2.16. The molecule has 3 heteroatoms. The van der Waals surface area contributed by atoms with Crippen molar-refractivity contribution >= 4 is 29.7 Å². The Bertz CT molecular complexity index is 154. The zero-order valence-electron chi connectivity index (χ0n) is 6.75. The van der Waals surface area contributed by atoms with Crippen LogP contribution in [0.4, 0.5) is 0 Å². The topological polar surface area (TPSA) is 29.4 Å². The molecule has 0 radical (unpaired) electrons. The molecule has 0 aromatic heterocycles. The van der Waals surface area contributed by atoms with Crippen LogP contribution >= 0.6 is 12.2 Å². The van der Waals surface area contributed by atoms with Crippen LogP contribution in [0.1, 0.15) is 32.6 Å². The van der Waals surface area contributed by atoms with Crippen LogP contribution < -0.4 is 0 Å². The number of Topliss-reactive ketones (excluding diaryl/α,β-unsaturated/α-hetero) is 1. The van der Waals surface area contributed by atoms with E-state index in [1.165, 1.54) is 11.7 Å². The van der Waals surface area contributed by atoms with Gasteiger partial charge < -0.3 is 0 Å². The molecule has 0 aliphatic carbocycles. The van der Waals surface area contributed by atoms with Crippen molar-refractivity contribution in [3.63, 3.8) is 0 Å². The molecule has 0 heterocycles. The number of aliphatic imine (C=N–C) groups is 1. The Morgan fingerprint density at radius 2 is 2.27 bits per heavy atom. The minimum Gasteiger partial charge on any atom is -0.293 e. The van der Waals surface area contributed by atoms with Crippen molar-refractivity contribution in [1.82, 2.24) is 0 Å². The van der Waals surface area contributed by atoms with Crippen molar-refractivity contribution in [2.45, 2.75) is 32.6 Å². The van der Waals surface area contributed by atoms with Gasteiger partial charge in [0, 0.05) is 6.42 Å². The van der Waals surface area contributed by atoms with Crippen LogP contribution in [0.3, 0.4) is 0 Å². The maximum absolute atomic E-state index is 10.9. The number of carbonyl (C=O) groups excluding carboxylic acids is 1. The van der Waals surface area contributed by atoms with E-state index in [-0.39, 0.29) is 5.78 Å². The Hall–Kier alpha value is -0.570. The number of ketones is 1. The molecule has 0 unspecified atom stereocenters. The van der Waals surface area contributed by atoms with E-state index < -0.39 is 0 Å². The third kappa shape index (κ3) is 7.33. The van der Waals surface area contributed by atoms with Crippen LogP contribution in [0.2, 0.25) is 0 Å². The highest BCUT2D eigenvalue weighted by atomic mass is 32.1. The second-order valence-corrected chi connectivity index (χ2v) is 2.52. The van der Waals surface area contributed by atoms with Gasteiger partial charge in [-0.05, 0) is 6.42 Å². The van der Waals surface area contributed by atoms with Gasteiger partial charge in [-0.2, -0.15) is 0 Å². The Kier molecular flexibility index (Phi) is 7.15. The molecule has 0 bridgehead atoms. The monoisotopic (exact) mass is 171 g/mol. The van der Waals surface area contributed by atoms with E-state index in [0.717, 1.165) is 19.3 Å². The van der Waals surface area contributed by atoms with Crippen LogP contribution in [0.25, 0.3) is 0 Å². The first kappa shape index (κ1) is 10.4. The fraction of sp³-hybridized carbons (Fsp3) is 0.625. The maximum atomic E-state index is 10.9. The smallest absolute Gasteiger partial charge is 0.173 e. The molecule has 0 aromatic rings. The first-order valence-corrected chi connectivity index (χ1v) is 4.28. The summed E-state index contributed by atoms with van der Waals surface area (Å²) in [7, 11) is 0. The van der Waals surface area contributed by atoms with Gasteiger partial charge in [0.15, 0.2) is 5.78 Å². The highest BCUT2D eigenvalue weighted by molar-refractivity contribution is 7.78. The number of nitrogens with zero attached hydrogens (tertiary/aromatic N) is 1. The molecule has 0 N–H and O–H groups in total. The minimum absolute atomic E-state index is 0.0690. The average molecular weight is 171 g/mol. The van der Waals surface area contributed by atoms with E-state index in [1.54, 1.807) is 0 Å². The van der Waals surface area contributed by atoms with Crippen LogP contribution in [-0.2, 0) is 4.79 Å². The Labute approximate surface area is 72.7 Å². The number of thiocarbonyl (C=S) groups is 1. The highest BCUT2D eigenvalue weighted by Crippen LogP contribution is 1.98. The zero-order chi connectivity index (χ0) is 8.53. The van der Waals surface area contributed by atoms with Crippen molar-refractivity contribution in [3.8, 4) is 0 Å². The van der Waals surface area contributed by atoms with Crippen molar-refractivity contribution in [2.75, 3.05) is 0 Å². The summed E-state index contributed by atoms with van der Waals surface area (Å²) in [6, 6.07) is 0. The molecule has 0 saturated heterocycles. The first-order valence-electron chi connectivity index (χ1n) is 3.81. The molecule has 2 nitrogen and oxygen atoms in total. The number of hydrogen-bond donors (Lipinski definition) is 0. The Balaban J connectivity index is 3.37. The molecule has 0 amide bonds. The summed E-state index contributed by atoms with van der Waals surface area (Å²) in [5.74, 6) is 0.0690. The van der Waals surface area contributed by atoms with Crippen LogP contribution in [0, 0.1) is 0 Å². The number of carbonyl (C=O) groups is 1. The highest BCUT2D eigenvalue weighted by Gasteiger charge is 1.94. The molecule has 0 rings (SSSR count). The van der Waals surface area contributed by atoms with Gasteiger partial charge >= 0.3 is 0 Å². The molecule has 0 aliphatic heterocycles. The number of hydrogen-bond acceptors (Lipinski definition) is 2. The molecule has 0 spiro atoms. The second kappa shape index (κ2) is 7.54. The summed E-state index contributed by atoms with van der Waals surface area (Å²) in [5, 5.41) is 0. The largest absolute Gasteiger partial charge is 0.293 e. The predicted molar refractivity (Wildman–Crippen MR) is 51.3 cm³/mol. The number of unbranched alkanes of at least 4 members (excludes halogenated alkanes) is 2. The molecule has 0 atom stereocenters. The second-order valence-electron chi connectivity index (χ2n) is 2.31. The summed E-state index contributed by atoms with van der Waals surface area (Å²) in [6.07, 6.45) is 5.09. The Morgan fingerprint density at radius 1 is 1.55 bits per heavy atom. The summed E-state index contributed by atoms with van der Waals surface area (Å²) >= 11 is 4.43. The quantitative estimate of drug-likeness (QED) is 0.348. The third-order valence-corrected chi connectivity index (χ3v) is 1.43. The van der Waals surface area contributed by atoms with Gasteiger partial charge in [-0.3, -0.25) is 4.79 Å². The van der Waals surface area contributed by atoms with Crippen LogP contribution in [-0.4, -0.2) is 17.5 Å². The maximum Gasteiger partial charge on any atom is 0.173 e. The molecule has 0 aromatic carbocycles. The van der Waals surface area contributed by atoms with Gasteiger partial charge in [-0.25, -0.2) is 4.99 Å². The van der Waals surface area contributed by atoms with E-state index in [9.17, 15) is 4.79 Å². The van der Waals surface area contributed by atoms with E-state index in [0.29, 0.717) is 6.42 Å². The summed E-state index contributed by atoms with van der Waals surface area (Å²) in [4.78, 5) is 14.4. The molecule has 11 heavy (non-hydrogen) atoms. The van der Waals surface area contributed by atoms with Crippen molar-refractivity contribution in [2.24, 2.45) is 4.99 Å². The van der Waals surface area contributed by atoms with E-state index in [1.807, 2.05) is 0 Å². The van der Waals surface area contributed by atoms with Gasteiger partial charge in [0.2, 0.25) is 0 Å². The summed E-state index contributed by atoms with van der Waals surface area (Å²) in [5.41, 5.74) is 1.21. The van der Waals surface area contributed by atoms with Crippen LogP contribution in [0.15, 0.2) is 4.99 Å². The lowest BCUT2D eigenvalue weighted by Gasteiger charge is -1.91. The van der Waals surface area contributed by atoms with E-state index in [4.69, 9.17) is 0 Å². The van der Waals surface area contributed by atoms with Crippen molar-refractivity contribution in [3.05, 3.63) is 0 Å². The third-order valence-electron chi connectivity index (χ3n) is 1.31. The first-order chi connectivity index (χ1) is 5.31. The average Bonchev–Trinajstić information content (AvgIpc) is 2.01. The molecule has 0 aliphatic rings. The van der Waals surface area contributed by atoms with Gasteiger partial charge in [-0.15, -0.1) is 0 Å². The SMILES string of the molecule is CCCCCC(=O)C=NC=S. The standard InChI is InChI=1S/C8H13NOS/c1-2-3-4-5-8(10)6-9-7-11/h6-7H,2-5H2,1H3. The molecular weight excluding hydrogens is 158 g/mol. The fourth-order valence-corrected chi connectivity index (χ4v) is 0.788. The molecular formula is C8H13NOS. The lowest BCUT2D eigenvalue weighted by atomic mass is 10.1. The lowest BCUT2D eigenvalue weighted by molar-refractivity contribution is -0.112. The van der Waals surface area contributed by atoms with Crippen LogP contribution in [0.5, 0.6) is 0 Å². The Morgan fingerprint density at radius 3 is 2.82 bits per heavy atom. The van der Waals surface area contributed by atoms with Crippen molar-refractivity contribution in [1.29, 1.82) is 0 Å². The van der Waals surface area contributed by atoms with E-state index >= 15 is 0 Å². The van der Waals surface area contributed by atoms with Gasteiger partial charge in [0.1, 0.15) is 0 Å². The van der Waals surface area contributed by atoms with Crippen molar-refractivity contribution < 1.29 is 4.79 Å². The molecule has 62 valence electrons. The van der Waals surface area contributed by atoms with E-state index in [2.05, 4.69) is 24.1 Å². The minimum atomic E-state index is 0.0690. The zero-order valence-corrected chi connectivity index (χ0v) is 7.56. The lowest BCUT2D eigenvalue weighted by Crippen LogP contribution is -1.98. The van der Waals surface area contributed by atoms with Gasteiger partial charge in [-0.1, -0.05) is 32.0 Å². The molecule has 0 saturated carbocycles. The summed E-state index contributed by atoms with van der Waals surface area (Å²) < 4.78 is 0. The van der Waals surface area contributed by atoms with Gasteiger partial charge in [0.25, 0.3) is 0 Å². The fourth-order valence-electron chi connectivity index (χ4n) is 0.727. The normalized spacial score (nSPS) is 10.3.